The molecule has 0 amide bonds. The minimum Gasteiger partial charge on any atom is -0.496 e. The van der Waals surface area contributed by atoms with E-state index in [-0.39, 0.29) is 18.0 Å². The molecule has 0 bridgehead atoms. The molecule has 0 aliphatic carbocycles. The Morgan fingerprint density at radius 2 is 1.95 bits per heavy atom. The van der Waals surface area contributed by atoms with Gasteiger partial charge in [0.15, 0.2) is 0 Å². The van der Waals surface area contributed by atoms with Crippen LogP contribution in [0.5, 0.6) is 5.75 Å². The van der Waals surface area contributed by atoms with Crippen LogP contribution in [0, 0.1) is 5.82 Å². The fraction of sp³-hybridized carbons (Fsp3) is 0.625. The molecule has 20 heavy (non-hydrogen) atoms. The first kappa shape index (κ1) is 16.9. The summed E-state index contributed by atoms with van der Waals surface area (Å²) in [7, 11) is 1.56. The minimum atomic E-state index is -0.229. The van der Waals surface area contributed by atoms with Crippen molar-refractivity contribution < 1.29 is 13.9 Å². The van der Waals surface area contributed by atoms with Crippen molar-refractivity contribution in [2.24, 2.45) is 0 Å². The van der Waals surface area contributed by atoms with Crippen LogP contribution in [-0.4, -0.2) is 26.4 Å². The van der Waals surface area contributed by atoms with Gasteiger partial charge in [0, 0.05) is 18.2 Å². The van der Waals surface area contributed by atoms with Gasteiger partial charge in [-0.1, -0.05) is 6.07 Å². The number of nitrogens with one attached hydrogen (secondary N) is 1. The highest BCUT2D eigenvalue weighted by Crippen LogP contribution is 2.27. The van der Waals surface area contributed by atoms with Crippen molar-refractivity contribution in [1.29, 1.82) is 0 Å². The van der Waals surface area contributed by atoms with Gasteiger partial charge in [-0.05, 0) is 52.3 Å². The summed E-state index contributed by atoms with van der Waals surface area (Å²) in [6, 6.07) is 4.84. The lowest BCUT2D eigenvalue weighted by molar-refractivity contribution is 0.0759. The van der Waals surface area contributed by atoms with Crippen LogP contribution in [0.25, 0.3) is 0 Å². The Morgan fingerprint density at radius 3 is 2.60 bits per heavy atom. The summed E-state index contributed by atoms with van der Waals surface area (Å²) in [5, 5.41) is 3.33. The summed E-state index contributed by atoms with van der Waals surface area (Å²) in [6.07, 6.45) is 2.30. The fourth-order valence-electron chi connectivity index (χ4n) is 2.08. The third-order valence-electron chi connectivity index (χ3n) is 3.14. The van der Waals surface area contributed by atoms with Gasteiger partial charge < -0.3 is 14.8 Å². The van der Waals surface area contributed by atoms with Crippen molar-refractivity contribution in [3.63, 3.8) is 0 Å². The van der Waals surface area contributed by atoms with E-state index in [9.17, 15) is 4.39 Å². The van der Waals surface area contributed by atoms with E-state index < -0.39 is 0 Å². The summed E-state index contributed by atoms with van der Waals surface area (Å²) in [5.41, 5.74) is 0.591. The van der Waals surface area contributed by atoms with E-state index in [1.807, 2.05) is 20.8 Å². The largest absolute Gasteiger partial charge is 0.496 e. The number of ether oxygens (including phenoxy) is 2. The highest BCUT2D eigenvalue weighted by Gasteiger charge is 2.15. The highest BCUT2D eigenvalue weighted by molar-refractivity contribution is 5.36. The van der Waals surface area contributed by atoms with Gasteiger partial charge in [0.1, 0.15) is 11.6 Å². The number of unbranched alkanes of at least 4 members (excludes halogenated alkanes) is 1. The van der Waals surface area contributed by atoms with Crippen molar-refractivity contribution >= 4 is 0 Å². The van der Waals surface area contributed by atoms with Crippen LogP contribution in [0.4, 0.5) is 4.39 Å². The van der Waals surface area contributed by atoms with Crippen molar-refractivity contribution in [3.05, 3.63) is 29.6 Å². The molecule has 0 radical (unpaired) electrons. The van der Waals surface area contributed by atoms with E-state index in [1.54, 1.807) is 19.2 Å². The lowest BCUT2D eigenvalue weighted by Crippen LogP contribution is -2.21. The first-order valence-electron chi connectivity index (χ1n) is 7.23. The maximum atomic E-state index is 13.9. The summed E-state index contributed by atoms with van der Waals surface area (Å²) >= 11 is 0. The van der Waals surface area contributed by atoms with Crippen LogP contribution in [0.15, 0.2) is 18.2 Å². The van der Waals surface area contributed by atoms with E-state index in [0.29, 0.717) is 11.3 Å². The van der Waals surface area contributed by atoms with Crippen LogP contribution in [0.1, 0.15) is 45.2 Å². The number of methoxy groups -OCH3 is 1. The lowest BCUT2D eigenvalue weighted by Gasteiger charge is -2.18. The van der Waals surface area contributed by atoms with E-state index >= 15 is 0 Å². The molecule has 3 nitrogen and oxygen atoms in total. The second-order valence-corrected chi connectivity index (χ2v) is 5.16. The van der Waals surface area contributed by atoms with Crippen LogP contribution in [0.3, 0.4) is 0 Å². The Morgan fingerprint density at radius 1 is 1.20 bits per heavy atom. The molecule has 0 aromatic heterocycles. The Hall–Kier alpha value is -1.13. The summed E-state index contributed by atoms with van der Waals surface area (Å²) < 4.78 is 24.6. The molecule has 1 rings (SSSR count). The van der Waals surface area contributed by atoms with Gasteiger partial charge in [-0.2, -0.15) is 0 Å². The molecular formula is C16H26FNO2. The molecule has 1 aromatic carbocycles. The van der Waals surface area contributed by atoms with Crippen molar-refractivity contribution in [2.45, 2.75) is 45.8 Å². The first-order valence-corrected chi connectivity index (χ1v) is 7.23. The first-order chi connectivity index (χ1) is 9.56. The maximum Gasteiger partial charge on any atom is 0.131 e. The van der Waals surface area contributed by atoms with Gasteiger partial charge >= 0.3 is 0 Å². The number of hydrogen-bond acceptors (Lipinski definition) is 3. The topological polar surface area (TPSA) is 30.5 Å². The van der Waals surface area contributed by atoms with Gasteiger partial charge in [-0.25, -0.2) is 4.39 Å². The zero-order chi connectivity index (χ0) is 15.0. The van der Waals surface area contributed by atoms with E-state index in [1.165, 1.54) is 6.07 Å². The van der Waals surface area contributed by atoms with Crippen LogP contribution < -0.4 is 10.1 Å². The Bertz CT molecular complexity index is 396. The smallest absolute Gasteiger partial charge is 0.131 e. The monoisotopic (exact) mass is 283 g/mol. The van der Waals surface area contributed by atoms with Crippen molar-refractivity contribution in [3.8, 4) is 5.75 Å². The van der Waals surface area contributed by atoms with Crippen molar-refractivity contribution in [2.75, 3.05) is 20.3 Å². The van der Waals surface area contributed by atoms with Gasteiger partial charge in [-0.3, -0.25) is 0 Å². The molecule has 0 fully saturated rings. The second kappa shape index (κ2) is 8.93. The third-order valence-corrected chi connectivity index (χ3v) is 3.14. The predicted octanol–water partition coefficient (Wildman–Crippen LogP) is 3.69. The van der Waals surface area contributed by atoms with Crippen molar-refractivity contribution in [1.82, 2.24) is 5.32 Å². The second-order valence-electron chi connectivity index (χ2n) is 5.16. The van der Waals surface area contributed by atoms with E-state index in [2.05, 4.69) is 5.32 Å². The maximum absolute atomic E-state index is 13.9. The quantitative estimate of drug-likeness (QED) is 0.701. The molecule has 1 N–H and O–H groups in total. The Kier molecular flexibility index (Phi) is 7.55. The number of benzene rings is 1. The normalized spacial score (nSPS) is 12.7. The molecule has 1 aromatic rings. The van der Waals surface area contributed by atoms with Gasteiger partial charge in [0.2, 0.25) is 0 Å². The molecule has 1 atom stereocenters. The van der Waals surface area contributed by atoms with Gasteiger partial charge in [0.25, 0.3) is 0 Å². The lowest BCUT2D eigenvalue weighted by atomic mass is 10.1. The summed E-state index contributed by atoms with van der Waals surface area (Å²) in [5.74, 6) is 0.362. The van der Waals surface area contributed by atoms with Crippen LogP contribution in [-0.2, 0) is 4.74 Å². The highest BCUT2D eigenvalue weighted by atomic mass is 19.1. The van der Waals surface area contributed by atoms with Gasteiger partial charge in [0.05, 0.1) is 13.2 Å². The molecule has 1 unspecified atom stereocenters. The molecule has 0 saturated carbocycles. The zero-order valence-electron chi connectivity index (χ0n) is 12.9. The third kappa shape index (κ3) is 5.47. The summed E-state index contributed by atoms with van der Waals surface area (Å²) in [4.78, 5) is 0. The number of hydrogen-bond donors (Lipinski definition) is 1. The average molecular weight is 283 g/mol. The molecule has 4 heteroatoms. The molecular weight excluding hydrogens is 257 g/mol. The van der Waals surface area contributed by atoms with Crippen LogP contribution in [0.2, 0.25) is 0 Å². The number of halogens is 1. The zero-order valence-corrected chi connectivity index (χ0v) is 12.9. The minimum absolute atomic E-state index is 0.0721. The standard InChI is InChI=1S/C16H26FNO2/c1-12(2)20-11-6-5-10-18-13(3)16-14(17)8-7-9-15(16)19-4/h7-9,12-13,18H,5-6,10-11H2,1-4H3. The molecule has 0 spiro atoms. The summed E-state index contributed by atoms with van der Waals surface area (Å²) in [6.45, 7) is 7.62. The molecule has 0 aliphatic rings. The van der Waals surface area contributed by atoms with E-state index in [0.717, 1.165) is 26.0 Å². The van der Waals surface area contributed by atoms with E-state index in [4.69, 9.17) is 9.47 Å². The predicted molar refractivity (Wildman–Crippen MR) is 79.7 cm³/mol. The SMILES string of the molecule is COc1cccc(F)c1C(C)NCCCCOC(C)C. The Labute approximate surface area is 121 Å². The molecule has 0 aliphatic heterocycles. The average Bonchev–Trinajstić information content (AvgIpc) is 2.41. The Balaban J connectivity index is 2.38. The number of rotatable bonds is 9. The molecule has 114 valence electrons. The van der Waals surface area contributed by atoms with Gasteiger partial charge in [-0.15, -0.1) is 0 Å². The van der Waals surface area contributed by atoms with Crippen LogP contribution >= 0.6 is 0 Å². The molecule has 0 saturated heterocycles. The molecule has 0 heterocycles. The fourth-order valence-corrected chi connectivity index (χ4v) is 2.08.